The molecule has 0 amide bonds. The van der Waals surface area contributed by atoms with E-state index in [0.717, 1.165) is 0 Å². The highest BCUT2D eigenvalue weighted by Crippen LogP contribution is 2.59. The molecule has 0 radical (unpaired) electrons. The zero-order valence-corrected chi connectivity index (χ0v) is 7.30. The topological polar surface area (TPSA) is 37.3 Å². The van der Waals surface area contributed by atoms with Crippen molar-refractivity contribution in [1.29, 1.82) is 0 Å². The summed E-state index contributed by atoms with van der Waals surface area (Å²) < 4.78 is 0. The third kappa shape index (κ3) is 1.27. The quantitative estimate of drug-likeness (QED) is 0.696. The lowest BCUT2D eigenvalue weighted by Gasteiger charge is -1.95. The minimum Gasteiger partial charge on any atom is -0.481 e. The molecular formula is C8H11ClO2. The maximum Gasteiger partial charge on any atom is 0.307 e. The normalized spacial score (nSPS) is 34.1. The van der Waals surface area contributed by atoms with E-state index >= 15 is 0 Å². The van der Waals surface area contributed by atoms with Crippen molar-refractivity contribution in [3.63, 3.8) is 0 Å². The van der Waals surface area contributed by atoms with E-state index in [-0.39, 0.29) is 17.3 Å². The molecule has 0 spiro atoms. The highest BCUT2D eigenvalue weighted by molar-refractivity contribution is 6.25. The number of carboxylic acid groups (broad SMARTS) is 1. The fourth-order valence-corrected chi connectivity index (χ4v) is 1.74. The molecule has 1 aliphatic rings. The van der Waals surface area contributed by atoms with Gasteiger partial charge >= 0.3 is 5.97 Å². The van der Waals surface area contributed by atoms with Crippen LogP contribution in [-0.4, -0.2) is 11.1 Å². The molecule has 0 aromatic heterocycles. The Kier molecular flexibility index (Phi) is 1.97. The fourth-order valence-electron chi connectivity index (χ4n) is 1.59. The molecule has 1 rings (SSSR count). The van der Waals surface area contributed by atoms with Crippen molar-refractivity contribution in [2.45, 2.75) is 13.8 Å². The average Bonchev–Trinajstić information content (AvgIpc) is 2.35. The molecule has 1 fully saturated rings. The van der Waals surface area contributed by atoms with Crippen LogP contribution in [0.5, 0.6) is 0 Å². The third-order valence-electron chi connectivity index (χ3n) is 2.46. The second-order valence-electron chi connectivity index (χ2n) is 3.48. The van der Waals surface area contributed by atoms with Gasteiger partial charge in [-0.25, -0.2) is 0 Å². The Hall–Kier alpha value is -0.500. The van der Waals surface area contributed by atoms with Gasteiger partial charge in [0.15, 0.2) is 0 Å². The lowest BCUT2D eigenvalue weighted by molar-refractivity contribution is -0.139. The van der Waals surface area contributed by atoms with Crippen molar-refractivity contribution in [3.8, 4) is 0 Å². The van der Waals surface area contributed by atoms with E-state index in [4.69, 9.17) is 16.7 Å². The van der Waals surface area contributed by atoms with Crippen LogP contribution in [0.1, 0.15) is 13.8 Å². The molecule has 2 nitrogen and oxygen atoms in total. The Morgan fingerprint density at radius 2 is 2.18 bits per heavy atom. The van der Waals surface area contributed by atoms with Gasteiger partial charge in [0.05, 0.1) is 5.92 Å². The first-order chi connectivity index (χ1) is 5.01. The Morgan fingerprint density at radius 3 is 2.45 bits per heavy atom. The summed E-state index contributed by atoms with van der Waals surface area (Å²) in [5, 5.41) is 8.71. The molecule has 0 bridgehead atoms. The van der Waals surface area contributed by atoms with E-state index in [0.29, 0.717) is 0 Å². The van der Waals surface area contributed by atoms with Crippen molar-refractivity contribution in [2.75, 3.05) is 0 Å². The van der Waals surface area contributed by atoms with Crippen LogP contribution in [0.15, 0.2) is 11.6 Å². The van der Waals surface area contributed by atoms with Crippen LogP contribution in [0.25, 0.3) is 0 Å². The van der Waals surface area contributed by atoms with Gasteiger partial charge in [0.2, 0.25) is 0 Å². The molecule has 11 heavy (non-hydrogen) atoms. The Bertz CT molecular complexity index is 208. The first-order valence-electron chi connectivity index (χ1n) is 3.51. The molecule has 0 saturated heterocycles. The molecule has 3 heteroatoms. The summed E-state index contributed by atoms with van der Waals surface area (Å²) in [7, 11) is 0. The average molecular weight is 175 g/mol. The third-order valence-corrected chi connectivity index (χ3v) is 2.60. The SMILES string of the molecule is CC1(C)C(/C=C\Cl)C1C(=O)O. The number of carboxylic acids is 1. The van der Waals surface area contributed by atoms with Crippen molar-refractivity contribution < 1.29 is 9.90 Å². The maximum atomic E-state index is 10.6. The van der Waals surface area contributed by atoms with E-state index < -0.39 is 5.97 Å². The molecule has 0 aromatic rings. The molecule has 2 atom stereocenters. The largest absolute Gasteiger partial charge is 0.481 e. The van der Waals surface area contributed by atoms with Crippen LogP contribution in [0, 0.1) is 17.3 Å². The predicted molar refractivity (Wildman–Crippen MR) is 43.4 cm³/mol. The fraction of sp³-hybridized carbons (Fsp3) is 0.625. The van der Waals surface area contributed by atoms with Crippen LogP contribution in [0.4, 0.5) is 0 Å². The number of hydrogen-bond donors (Lipinski definition) is 1. The molecule has 62 valence electrons. The minimum absolute atomic E-state index is 0.109. The van der Waals surface area contributed by atoms with E-state index in [2.05, 4.69) is 0 Å². The Labute approximate surface area is 70.9 Å². The molecule has 2 unspecified atom stereocenters. The highest BCUT2D eigenvalue weighted by Gasteiger charge is 2.60. The van der Waals surface area contributed by atoms with Crippen LogP contribution in [-0.2, 0) is 4.79 Å². The summed E-state index contributed by atoms with van der Waals surface area (Å²) in [5.74, 6) is -0.871. The van der Waals surface area contributed by atoms with Gasteiger partial charge in [-0.2, -0.15) is 0 Å². The number of allylic oxidation sites excluding steroid dienone is 1. The molecule has 1 N–H and O–H groups in total. The van der Waals surface area contributed by atoms with Gasteiger partial charge in [0, 0.05) is 5.54 Å². The van der Waals surface area contributed by atoms with Gasteiger partial charge in [-0.05, 0) is 11.3 Å². The summed E-state index contributed by atoms with van der Waals surface area (Å²) in [6.45, 7) is 3.88. The summed E-state index contributed by atoms with van der Waals surface area (Å²) in [4.78, 5) is 10.6. The number of carbonyl (C=O) groups is 1. The van der Waals surface area contributed by atoms with Crippen LogP contribution < -0.4 is 0 Å². The molecule has 1 aliphatic carbocycles. The Morgan fingerprint density at radius 1 is 1.64 bits per heavy atom. The molecular weight excluding hydrogens is 164 g/mol. The maximum absolute atomic E-state index is 10.6. The molecule has 0 aliphatic heterocycles. The molecule has 1 saturated carbocycles. The van der Waals surface area contributed by atoms with Gasteiger partial charge in [-0.3, -0.25) is 4.79 Å². The monoisotopic (exact) mass is 174 g/mol. The number of halogens is 1. The standard InChI is InChI=1S/C8H11ClO2/c1-8(2)5(3-4-9)6(8)7(10)11/h3-6H,1-2H3,(H,10,11)/b4-3-. The summed E-state index contributed by atoms with van der Waals surface area (Å²) in [6.07, 6.45) is 1.75. The van der Waals surface area contributed by atoms with Crippen molar-refractivity contribution in [1.82, 2.24) is 0 Å². The zero-order chi connectivity index (χ0) is 8.65. The first kappa shape index (κ1) is 8.60. The van der Waals surface area contributed by atoms with E-state index in [9.17, 15) is 4.79 Å². The summed E-state index contributed by atoms with van der Waals surface area (Å²) in [5.41, 5.74) is 1.28. The van der Waals surface area contributed by atoms with Crippen LogP contribution in [0.3, 0.4) is 0 Å². The second kappa shape index (κ2) is 2.52. The number of rotatable bonds is 2. The van der Waals surface area contributed by atoms with Gasteiger partial charge < -0.3 is 5.11 Å². The molecule has 0 heterocycles. The van der Waals surface area contributed by atoms with Crippen molar-refractivity contribution in [2.24, 2.45) is 17.3 Å². The summed E-state index contributed by atoms with van der Waals surface area (Å²) in [6, 6.07) is 0. The second-order valence-corrected chi connectivity index (χ2v) is 3.73. The van der Waals surface area contributed by atoms with Crippen molar-refractivity contribution >= 4 is 17.6 Å². The van der Waals surface area contributed by atoms with E-state index in [1.807, 2.05) is 13.8 Å². The smallest absolute Gasteiger partial charge is 0.307 e. The van der Waals surface area contributed by atoms with Crippen LogP contribution >= 0.6 is 11.6 Å². The Balaban J connectivity index is 2.68. The lowest BCUT2D eigenvalue weighted by atomic mass is 10.1. The van der Waals surface area contributed by atoms with Crippen LogP contribution in [0.2, 0.25) is 0 Å². The predicted octanol–water partition coefficient (Wildman–Crippen LogP) is 2.10. The van der Waals surface area contributed by atoms with Crippen molar-refractivity contribution in [3.05, 3.63) is 11.6 Å². The van der Waals surface area contributed by atoms with E-state index in [1.54, 1.807) is 6.08 Å². The first-order valence-corrected chi connectivity index (χ1v) is 3.95. The number of aliphatic carboxylic acids is 1. The highest BCUT2D eigenvalue weighted by atomic mass is 35.5. The van der Waals surface area contributed by atoms with Gasteiger partial charge in [0.25, 0.3) is 0 Å². The van der Waals surface area contributed by atoms with E-state index in [1.165, 1.54) is 5.54 Å². The van der Waals surface area contributed by atoms with Gasteiger partial charge in [-0.15, -0.1) is 0 Å². The van der Waals surface area contributed by atoms with Gasteiger partial charge in [0.1, 0.15) is 0 Å². The lowest BCUT2D eigenvalue weighted by Crippen LogP contribution is -2.02. The number of hydrogen-bond acceptors (Lipinski definition) is 1. The summed E-state index contributed by atoms with van der Waals surface area (Å²) >= 11 is 5.36. The zero-order valence-electron chi connectivity index (χ0n) is 6.54. The molecule has 0 aromatic carbocycles. The minimum atomic E-state index is -0.727. The van der Waals surface area contributed by atoms with Gasteiger partial charge in [-0.1, -0.05) is 31.5 Å².